The molecule has 30 heavy (non-hydrogen) atoms. The molecule has 2 saturated heterocycles. The first-order valence-electron chi connectivity index (χ1n) is 10.1. The van der Waals surface area contributed by atoms with Gasteiger partial charge in [-0.3, -0.25) is 14.4 Å². The summed E-state index contributed by atoms with van der Waals surface area (Å²) in [5, 5.41) is 1.74. The Hall–Kier alpha value is -3.44. The lowest BCUT2D eigenvalue weighted by Gasteiger charge is -2.29. The van der Waals surface area contributed by atoms with Gasteiger partial charge in [0.15, 0.2) is 6.10 Å². The fourth-order valence-corrected chi connectivity index (χ4v) is 4.50. The maximum Gasteiger partial charge on any atom is 0.266 e. The van der Waals surface area contributed by atoms with Crippen molar-refractivity contribution in [2.45, 2.75) is 26.0 Å². The van der Waals surface area contributed by atoms with Crippen molar-refractivity contribution in [1.29, 1.82) is 0 Å². The molecule has 0 spiro atoms. The predicted octanol–water partition coefficient (Wildman–Crippen LogP) is 4.35. The number of fused-ring (bicyclic) bond motifs is 1. The number of benzene rings is 3. The molecule has 5 nitrogen and oxygen atoms in total. The van der Waals surface area contributed by atoms with E-state index in [4.69, 9.17) is 4.84 Å². The lowest BCUT2D eigenvalue weighted by atomic mass is 9.88. The summed E-state index contributed by atoms with van der Waals surface area (Å²) in [5.41, 5.74) is 4.37. The molecule has 150 valence electrons. The Morgan fingerprint density at radius 1 is 0.733 bits per heavy atom. The average molecular weight is 398 g/mol. The lowest BCUT2D eigenvalue weighted by Crippen LogP contribution is -2.37. The van der Waals surface area contributed by atoms with E-state index < -0.39 is 12.0 Å². The van der Waals surface area contributed by atoms with Gasteiger partial charge < -0.3 is 0 Å². The second-order valence-corrected chi connectivity index (χ2v) is 7.81. The molecule has 0 saturated carbocycles. The van der Waals surface area contributed by atoms with Crippen LogP contribution in [0.1, 0.15) is 22.7 Å². The Labute approximate surface area is 175 Å². The Morgan fingerprint density at radius 2 is 1.37 bits per heavy atom. The number of para-hydroxylation sites is 2. The van der Waals surface area contributed by atoms with Crippen LogP contribution in [0.5, 0.6) is 0 Å². The normalized spacial score (nSPS) is 23.2. The number of nitrogens with zero attached hydrogens (tertiary/aromatic N) is 2. The highest BCUT2D eigenvalue weighted by Crippen LogP contribution is 2.48. The minimum absolute atomic E-state index is 0.217. The number of amides is 2. The van der Waals surface area contributed by atoms with Crippen LogP contribution in [0.25, 0.3) is 0 Å². The van der Waals surface area contributed by atoms with Gasteiger partial charge in [-0.1, -0.05) is 60.7 Å². The van der Waals surface area contributed by atoms with E-state index in [-0.39, 0.29) is 17.9 Å². The molecule has 3 atom stereocenters. The van der Waals surface area contributed by atoms with E-state index in [2.05, 4.69) is 0 Å². The Bertz CT molecular complexity index is 1130. The molecule has 2 fully saturated rings. The van der Waals surface area contributed by atoms with Crippen LogP contribution in [-0.2, 0) is 14.4 Å². The summed E-state index contributed by atoms with van der Waals surface area (Å²) < 4.78 is 0. The molecular formula is C25H22N2O3. The summed E-state index contributed by atoms with van der Waals surface area (Å²) in [4.78, 5) is 34.5. The Morgan fingerprint density at radius 3 is 2.07 bits per heavy atom. The summed E-state index contributed by atoms with van der Waals surface area (Å²) in [5.74, 6) is -1.14. The molecule has 0 radical (unpaired) electrons. The molecule has 0 aliphatic carbocycles. The van der Waals surface area contributed by atoms with Crippen molar-refractivity contribution < 1.29 is 14.4 Å². The highest BCUT2D eigenvalue weighted by Gasteiger charge is 2.60. The average Bonchev–Trinajstić information content (AvgIpc) is 3.26. The van der Waals surface area contributed by atoms with Crippen molar-refractivity contribution >= 4 is 23.2 Å². The number of hydrogen-bond donors (Lipinski definition) is 0. The van der Waals surface area contributed by atoms with Crippen LogP contribution in [0.15, 0.2) is 78.9 Å². The third-order valence-electron chi connectivity index (χ3n) is 5.99. The quantitative estimate of drug-likeness (QED) is 0.616. The second kappa shape index (κ2) is 7.11. The first-order chi connectivity index (χ1) is 14.6. The van der Waals surface area contributed by atoms with E-state index in [9.17, 15) is 9.59 Å². The minimum Gasteiger partial charge on any atom is -0.273 e. The van der Waals surface area contributed by atoms with Crippen LogP contribution in [0.4, 0.5) is 11.4 Å². The van der Waals surface area contributed by atoms with Gasteiger partial charge in [-0.2, -0.15) is 0 Å². The van der Waals surface area contributed by atoms with Crippen molar-refractivity contribution in [3.63, 3.8) is 0 Å². The lowest BCUT2D eigenvalue weighted by molar-refractivity contribution is -0.126. The third kappa shape index (κ3) is 2.74. The van der Waals surface area contributed by atoms with Crippen molar-refractivity contribution in [1.82, 2.24) is 0 Å². The smallest absolute Gasteiger partial charge is 0.266 e. The standard InChI is InChI=1S/C25H22N2O3/c1-16-10-6-8-14-19(16)22-21-23(30-27(22)18-12-4-3-5-13-18)25(29)26(24(21)28)20-15-9-7-11-17(20)2/h3-15,21-23H,1-2H3/t21-,22-,23-/m1/s1. The van der Waals surface area contributed by atoms with Crippen LogP contribution in [0.3, 0.4) is 0 Å². The number of carbonyl (C=O) groups is 2. The molecule has 0 aromatic heterocycles. The Kier molecular flexibility index (Phi) is 4.40. The van der Waals surface area contributed by atoms with Crippen molar-refractivity contribution in [2.24, 2.45) is 5.92 Å². The van der Waals surface area contributed by atoms with Crippen molar-refractivity contribution in [3.8, 4) is 0 Å². The molecule has 0 bridgehead atoms. The minimum atomic E-state index is -0.845. The molecule has 2 aliphatic heterocycles. The zero-order valence-corrected chi connectivity index (χ0v) is 16.9. The monoisotopic (exact) mass is 398 g/mol. The molecule has 2 aliphatic rings. The fraction of sp³-hybridized carbons (Fsp3) is 0.200. The highest BCUT2D eigenvalue weighted by molar-refractivity contribution is 6.24. The van der Waals surface area contributed by atoms with Gasteiger partial charge in [-0.15, -0.1) is 0 Å². The van der Waals surface area contributed by atoms with E-state index in [1.54, 1.807) is 5.06 Å². The van der Waals surface area contributed by atoms with Gasteiger partial charge in [0.05, 0.1) is 17.4 Å². The number of carbonyl (C=O) groups excluding carboxylic acids is 2. The SMILES string of the molecule is Cc1ccccc1[C@@H]1[C@H]2C(=O)N(c3ccccc3C)C(=O)[C@@H]2ON1c1ccccc1. The van der Waals surface area contributed by atoms with E-state index in [1.807, 2.05) is 92.7 Å². The Balaban J connectivity index is 1.62. The molecule has 5 heteroatoms. The van der Waals surface area contributed by atoms with Crippen LogP contribution in [0.2, 0.25) is 0 Å². The van der Waals surface area contributed by atoms with Gasteiger partial charge in [0, 0.05) is 0 Å². The predicted molar refractivity (Wildman–Crippen MR) is 115 cm³/mol. The largest absolute Gasteiger partial charge is 0.273 e. The molecular weight excluding hydrogens is 376 g/mol. The number of hydroxylamine groups is 1. The fourth-order valence-electron chi connectivity index (χ4n) is 4.50. The number of anilines is 2. The summed E-state index contributed by atoms with van der Waals surface area (Å²) in [6, 6.07) is 24.7. The maximum atomic E-state index is 13.6. The summed E-state index contributed by atoms with van der Waals surface area (Å²) >= 11 is 0. The second-order valence-electron chi connectivity index (χ2n) is 7.81. The molecule has 2 heterocycles. The molecule has 0 unspecified atom stereocenters. The van der Waals surface area contributed by atoms with Crippen LogP contribution >= 0.6 is 0 Å². The van der Waals surface area contributed by atoms with Gasteiger partial charge in [0.1, 0.15) is 5.92 Å². The summed E-state index contributed by atoms with van der Waals surface area (Å²) in [6.45, 7) is 3.92. The molecule has 2 amide bonds. The molecule has 3 aromatic rings. The summed E-state index contributed by atoms with van der Waals surface area (Å²) in [6.07, 6.45) is -0.845. The van der Waals surface area contributed by atoms with Gasteiger partial charge >= 0.3 is 0 Å². The van der Waals surface area contributed by atoms with E-state index in [0.29, 0.717) is 5.69 Å². The van der Waals surface area contributed by atoms with Crippen molar-refractivity contribution in [2.75, 3.05) is 9.96 Å². The van der Waals surface area contributed by atoms with Crippen LogP contribution < -0.4 is 9.96 Å². The van der Waals surface area contributed by atoms with Gasteiger partial charge in [-0.25, -0.2) is 9.96 Å². The molecule has 5 rings (SSSR count). The zero-order chi connectivity index (χ0) is 20.8. The topological polar surface area (TPSA) is 49.9 Å². The first kappa shape index (κ1) is 18.6. The van der Waals surface area contributed by atoms with Gasteiger partial charge in [-0.05, 0) is 48.7 Å². The van der Waals surface area contributed by atoms with Crippen molar-refractivity contribution in [3.05, 3.63) is 95.6 Å². The summed E-state index contributed by atoms with van der Waals surface area (Å²) in [7, 11) is 0. The molecule has 0 N–H and O–H groups in total. The number of rotatable bonds is 3. The zero-order valence-electron chi connectivity index (χ0n) is 16.9. The number of imide groups is 1. The molecule has 3 aromatic carbocycles. The van der Waals surface area contributed by atoms with E-state index in [0.717, 1.165) is 22.4 Å². The van der Waals surface area contributed by atoms with Gasteiger partial charge in [0.25, 0.3) is 5.91 Å². The maximum absolute atomic E-state index is 13.6. The van der Waals surface area contributed by atoms with E-state index >= 15 is 0 Å². The van der Waals surface area contributed by atoms with Gasteiger partial charge in [0.2, 0.25) is 5.91 Å². The number of hydrogen-bond acceptors (Lipinski definition) is 4. The van der Waals surface area contributed by atoms with Crippen LogP contribution in [0, 0.1) is 19.8 Å². The van der Waals surface area contributed by atoms with Crippen LogP contribution in [-0.4, -0.2) is 17.9 Å². The van der Waals surface area contributed by atoms with E-state index in [1.165, 1.54) is 4.90 Å². The third-order valence-corrected chi connectivity index (χ3v) is 5.99. The number of aryl methyl sites for hydroxylation is 2. The highest BCUT2D eigenvalue weighted by atomic mass is 16.7. The first-order valence-corrected chi connectivity index (χ1v) is 10.1.